The molecule has 0 aromatic heterocycles. The van der Waals surface area contributed by atoms with Crippen LogP contribution in [0.25, 0.3) is 0 Å². The first-order valence-corrected chi connectivity index (χ1v) is 6.81. The van der Waals surface area contributed by atoms with Gasteiger partial charge in [-0.05, 0) is 42.0 Å². The molecule has 0 saturated carbocycles. The first-order valence-electron chi connectivity index (χ1n) is 5.68. The number of rotatable bonds is 4. The van der Waals surface area contributed by atoms with Gasteiger partial charge in [0.05, 0.1) is 22.7 Å². The lowest BCUT2D eigenvalue weighted by Crippen LogP contribution is -2.14. The van der Waals surface area contributed by atoms with E-state index in [1.54, 1.807) is 24.3 Å². The maximum absolute atomic E-state index is 9.49. The Kier molecular flexibility index (Phi) is 4.94. The minimum Gasteiger partial charge on any atom is -0.394 e. The van der Waals surface area contributed by atoms with E-state index in [0.29, 0.717) is 15.1 Å². The van der Waals surface area contributed by atoms with E-state index >= 15 is 0 Å². The summed E-state index contributed by atoms with van der Waals surface area (Å²) in [5, 5.41) is 14.3. The summed E-state index contributed by atoms with van der Waals surface area (Å²) in [4.78, 5) is 0. The van der Waals surface area contributed by atoms with Crippen LogP contribution in [0.1, 0.15) is 11.6 Å². The van der Waals surface area contributed by atoms with Crippen LogP contribution in [0.3, 0.4) is 0 Å². The minimum atomic E-state index is -0.254. The average molecular weight is 317 g/mol. The quantitative estimate of drug-likeness (QED) is 0.850. The fourth-order valence-electron chi connectivity index (χ4n) is 1.71. The third kappa shape index (κ3) is 3.77. The van der Waals surface area contributed by atoms with Crippen molar-refractivity contribution >= 4 is 40.5 Å². The van der Waals surface area contributed by atoms with E-state index in [9.17, 15) is 5.11 Å². The van der Waals surface area contributed by atoms with Gasteiger partial charge < -0.3 is 10.4 Å². The molecule has 1 unspecified atom stereocenters. The first-order chi connectivity index (χ1) is 9.10. The topological polar surface area (TPSA) is 32.3 Å². The second kappa shape index (κ2) is 6.49. The van der Waals surface area contributed by atoms with Crippen molar-refractivity contribution in [3.63, 3.8) is 0 Å². The molecular formula is C14H12Cl3NO. The molecule has 2 nitrogen and oxygen atoms in total. The third-order valence-electron chi connectivity index (χ3n) is 2.71. The van der Waals surface area contributed by atoms with Gasteiger partial charge in [0, 0.05) is 10.7 Å². The summed E-state index contributed by atoms with van der Waals surface area (Å²) in [7, 11) is 0. The molecule has 2 aromatic carbocycles. The predicted octanol–water partition coefficient (Wildman–Crippen LogP) is 4.79. The Morgan fingerprint density at radius 1 is 0.947 bits per heavy atom. The van der Waals surface area contributed by atoms with Gasteiger partial charge in [-0.2, -0.15) is 0 Å². The van der Waals surface area contributed by atoms with Gasteiger partial charge in [0.25, 0.3) is 0 Å². The molecule has 2 aromatic rings. The number of hydrogen-bond acceptors (Lipinski definition) is 2. The molecule has 0 aliphatic heterocycles. The zero-order valence-corrected chi connectivity index (χ0v) is 12.2. The molecule has 0 amide bonds. The summed E-state index contributed by atoms with van der Waals surface area (Å²) in [5.74, 6) is 0. The van der Waals surface area contributed by atoms with Crippen LogP contribution in [0.4, 0.5) is 5.69 Å². The van der Waals surface area contributed by atoms with E-state index in [0.717, 1.165) is 11.3 Å². The van der Waals surface area contributed by atoms with Crippen molar-refractivity contribution in [3.8, 4) is 0 Å². The van der Waals surface area contributed by atoms with E-state index in [1.807, 2.05) is 18.2 Å². The number of benzene rings is 2. The molecule has 100 valence electrons. The zero-order chi connectivity index (χ0) is 13.8. The largest absolute Gasteiger partial charge is 0.394 e. The highest BCUT2D eigenvalue weighted by atomic mass is 35.5. The second-order valence-electron chi connectivity index (χ2n) is 4.06. The SMILES string of the molecule is OCC(Nc1ccc(Cl)cc1)c1ccc(Cl)c(Cl)c1. The molecule has 2 rings (SSSR count). The molecule has 0 heterocycles. The highest BCUT2D eigenvalue weighted by molar-refractivity contribution is 6.42. The van der Waals surface area contributed by atoms with Crippen molar-refractivity contribution in [1.82, 2.24) is 0 Å². The van der Waals surface area contributed by atoms with Crippen molar-refractivity contribution < 1.29 is 5.11 Å². The van der Waals surface area contributed by atoms with Gasteiger partial charge in [-0.15, -0.1) is 0 Å². The molecule has 0 saturated heterocycles. The summed E-state index contributed by atoms with van der Waals surface area (Å²) in [6.45, 7) is -0.0550. The number of hydrogen-bond donors (Lipinski definition) is 2. The third-order valence-corrected chi connectivity index (χ3v) is 3.70. The molecule has 19 heavy (non-hydrogen) atoms. The van der Waals surface area contributed by atoms with Crippen LogP contribution in [0, 0.1) is 0 Å². The maximum atomic E-state index is 9.49. The van der Waals surface area contributed by atoms with Crippen LogP contribution < -0.4 is 5.32 Å². The van der Waals surface area contributed by atoms with Gasteiger partial charge in [-0.25, -0.2) is 0 Å². The van der Waals surface area contributed by atoms with Gasteiger partial charge in [0.1, 0.15) is 0 Å². The lowest BCUT2D eigenvalue weighted by Gasteiger charge is -2.18. The molecule has 0 fully saturated rings. The van der Waals surface area contributed by atoms with Crippen molar-refractivity contribution in [2.24, 2.45) is 0 Å². The van der Waals surface area contributed by atoms with Crippen molar-refractivity contribution in [3.05, 3.63) is 63.1 Å². The molecule has 0 spiro atoms. The maximum Gasteiger partial charge on any atom is 0.0745 e. The normalized spacial score (nSPS) is 12.2. The molecule has 2 N–H and O–H groups in total. The molecule has 0 radical (unpaired) electrons. The fraction of sp³-hybridized carbons (Fsp3) is 0.143. The fourth-order valence-corrected chi connectivity index (χ4v) is 2.14. The number of halogens is 3. The number of aliphatic hydroxyl groups is 1. The van der Waals surface area contributed by atoms with E-state index in [2.05, 4.69) is 5.32 Å². The molecule has 0 bridgehead atoms. The van der Waals surface area contributed by atoms with E-state index < -0.39 is 0 Å². The standard InChI is InChI=1S/C14H12Cl3NO/c15-10-2-4-11(5-3-10)18-14(8-19)9-1-6-12(16)13(17)7-9/h1-7,14,18-19H,8H2. The molecule has 0 aliphatic carbocycles. The van der Waals surface area contributed by atoms with Crippen LogP contribution in [0.2, 0.25) is 15.1 Å². The average Bonchev–Trinajstić information content (AvgIpc) is 2.41. The van der Waals surface area contributed by atoms with Crippen molar-refractivity contribution in [1.29, 1.82) is 0 Å². The Bertz CT molecular complexity index is 557. The van der Waals surface area contributed by atoms with Gasteiger partial charge in [-0.3, -0.25) is 0 Å². The lowest BCUT2D eigenvalue weighted by atomic mass is 10.1. The van der Waals surface area contributed by atoms with Crippen LogP contribution in [-0.2, 0) is 0 Å². The predicted molar refractivity (Wildman–Crippen MR) is 81.4 cm³/mol. The molecule has 5 heteroatoms. The second-order valence-corrected chi connectivity index (χ2v) is 5.31. The van der Waals surface area contributed by atoms with E-state index in [1.165, 1.54) is 0 Å². The Morgan fingerprint density at radius 3 is 2.21 bits per heavy atom. The van der Waals surface area contributed by atoms with Gasteiger partial charge >= 0.3 is 0 Å². The van der Waals surface area contributed by atoms with Crippen LogP contribution in [0.5, 0.6) is 0 Å². The summed E-state index contributed by atoms with van der Waals surface area (Å²) in [5.41, 5.74) is 1.74. The monoisotopic (exact) mass is 315 g/mol. The number of anilines is 1. The minimum absolute atomic E-state index is 0.0550. The summed E-state index contributed by atoms with van der Waals surface area (Å²) >= 11 is 17.7. The Morgan fingerprint density at radius 2 is 1.63 bits per heavy atom. The van der Waals surface area contributed by atoms with Crippen LogP contribution in [0.15, 0.2) is 42.5 Å². The molecule has 0 aliphatic rings. The summed E-state index contributed by atoms with van der Waals surface area (Å²) < 4.78 is 0. The number of nitrogens with one attached hydrogen (secondary N) is 1. The Hall–Kier alpha value is -0.930. The van der Waals surface area contributed by atoms with E-state index in [4.69, 9.17) is 34.8 Å². The first kappa shape index (κ1) is 14.5. The van der Waals surface area contributed by atoms with Gasteiger partial charge in [0.2, 0.25) is 0 Å². The van der Waals surface area contributed by atoms with Crippen molar-refractivity contribution in [2.75, 3.05) is 11.9 Å². The highest BCUT2D eigenvalue weighted by Crippen LogP contribution is 2.27. The Balaban J connectivity index is 2.19. The Labute approximate surface area is 126 Å². The van der Waals surface area contributed by atoms with E-state index in [-0.39, 0.29) is 12.6 Å². The number of aliphatic hydroxyl groups excluding tert-OH is 1. The molecular weight excluding hydrogens is 305 g/mol. The summed E-state index contributed by atoms with van der Waals surface area (Å²) in [6, 6.07) is 12.3. The van der Waals surface area contributed by atoms with Crippen molar-refractivity contribution in [2.45, 2.75) is 6.04 Å². The van der Waals surface area contributed by atoms with Gasteiger partial charge in [-0.1, -0.05) is 40.9 Å². The smallest absolute Gasteiger partial charge is 0.0745 e. The van der Waals surface area contributed by atoms with Crippen LogP contribution in [-0.4, -0.2) is 11.7 Å². The summed E-state index contributed by atoms with van der Waals surface area (Å²) in [6.07, 6.45) is 0. The van der Waals surface area contributed by atoms with Gasteiger partial charge in [0.15, 0.2) is 0 Å². The highest BCUT2D eigenvalue weighted by Gasteiger charge is 2.11. The lowest BCUT2D eigenvalue weighted by molar-refractivity contribution is 0.276. The zero-order valence-electron chi connectivity index (χ0n) is 9.91. The van der Waals surface area contributed by atoms with Crippen LogP contribution >= 0.6 is 34.8 Å². The molecule has 1 atom stereocenters.